The molecule has 0 saturated carbocycles. The van der Waals surface area contributed by atoms with Gasteiger partial charge in [0, 0.05) is 22.8 Å². The number of aromatic nitrogens is 1. The summed E-state index contributed by atoms with van der Waals surface area (Å²) in [6, 6.07) is 12.2. The Labute approximate surface area is 115 Å². The summed E-state index contributed by atoms with van der Waals surface area (Å²) >= 11 is 1.72. The molecule has 4 heteroatoms. The fourth-order valence-corrected chi connectivity index (χ4v) is 3.12. The highest BCUT2D eigenvalue weighted by Crippen LogP contribution is 2.37. The van der Waals surface area contributed by atoms with E-state index in [-0.39, 0.29) is 0 Å². The van der Waals surface area contributed by atoms with E-state index in [1.54, 1.807) is 24.6 Å². The molecule has 3 rings (SSSR count). The third-order valence-electron chi connectivity index (χ3n) is 3.05. The predicted octanol–water partition coefficient (Wildman–Crippen LogP) is 3.43. The highest BCUT2D eigenvalue weighted by molar-refractivity contribution is 7.22. The summed E-state index contributed by atoms with van der Waals surface area (Å²) in [6.07, 6.45) is 1.80. The predicted molar refractivity (Wildman–Crippen MR) is 79.5 cm³/mol. The zero-order valence-electron chi connectivity index (χ0n) is 10.6. The summed E-state index contributed by atoms with van der Waals surface area (Å²) in [7, 11) is 1.69. The number of thiophene rings is 1. The summed E-state index contributed by atoms with van der Waals surface area (Å²) in [5.41, 5.74) is 7.73. The number of methoxy groups -OCH3 is 1. The van der Waals surface area contributed by atoms with Crippen LogP contribution in [0.15, 0.2) is 42.6 Å². The molecule has 0 bridgehead atoms. The van der Waals surface area contributed by atoms with Gasteiger partial charge < -0.3 is 10.5 Å². The molecule has 0 amide bonds. The van der Waals surface area contributed by atoms with Gasteiger partial charge >= 0.3 is 0 Å². The molecule has 2 N–H and O–H groups in total. The van der Waals surface area contributed by atoms with Crippen molar-refractivity contribution in [3.8, 4) is 16.3 Å². The Morgan fingerprint density at radius 3 is 2.95 bits per heavy atom. The minimum absolute atomic E-state index is 0.531. The molecule has 96 valence electrons. The molecule has 3 nitrogen and oxygen atoms in total. The van der Waals surface area contributed by atoms with E-state index in [1.165, 1.54) is 4.70 Å². The Kier molecular flexibility index (Phi) is 3.19. The summed E-state index contributed by atoms with van der Waals surface area (Å²) in [6.45, 7) is 0.531. The molecule has 0 atom stereocenters. The second-order valence-corrected chi connectivity index (χ2v) is 5.32. The van der Waals surface area contributed by atoms with E-state index in [9.17, 15) is 0 Å². The number of rotatable bonds is 3. The minimum atomic E-state index is 0.531. The van der Waals surface area contributed by atoms with Gasteiger partial charge in [0.2, 0.25) is 0 Å². The van der Waals surface area contributed by atoms with Crippen LogP contribution in [0.25, 0.3) is 20.7 Å². The molecular formula is C15H14N2OS. The Bertz CT molecular complexity index is 721. The minimum Gasteiger partial charge on any atom is -0.496 e. The van der Waals surface area contributed by atoms with Crippen molar-refractivity contribution in [3.05, 3.63) is 48.2 Å². The lowest BCUT2D eigenvalue weighted by Gasteiger charge is -2.00. The van der Waals surface area contributed by atoms with E-state index in [4.69, 9.17) is 10.5 Å². The molecule has 19 heavy (non-hydrogen) atoms. The van der Waals surface area contributed by atoms with Crippen LogP contribution < -0.4 is 10.5 Å². The van der Waals surface area contributed by atoms with Gasteiger partial charge in [0.1, 0.15) is 5.75 Å². The summed E-state index contributed by atoms with van der Waals surface area (Å²) in [5.74, 6) is 0.898. The molecule has 0 aliphatic carbocycles. The molecule has 0 unspecified atom stereocenters. The van der Waals surface area contributed by atoms with Crippen molar-refractivity contribution < 1.29 is 4.74 Å². The van der Waals surface area contributed by atoms with Crippen molar-refractivity contribution in [2.75, 3.05) is 7.11 Å². The molecule has 0 fully saturated rings. The number of pyridine rings is 1. The molecule has 3 aromatic rings. The number of nitrogens with two attached hydrogens (primary N) is 1. The van der Waals surface area contributed by atoms with E-state index < -0.39 is 0 Å². The number of nitrogens with zero attached hydrogens (tertiary/aromatic N) is 1. The van der Waals surface area contributed by atoms with Crippen molar-refractivity contribution in [2.24, 2.45) is 5.73 Å². The molecule has 0 saturated heterocycles. The van der Waals surface area contributed by atoms with E-state index >= 15 is 0 Å². The topological polar surface area (TPSA) is 48.1 Å². The van der Waals surface area contributed by atoms with Crippen molar-refractivity contribution in [1.82, 2.24) is 4.98 Å². The first kappa shape index (κ1) is 12.1. The van der Waals surface area contributed by atoms with E-state index in [0.717, 1.165) is 27.3 Å². The summed E-state index contributed by atoms with van der Waals surface area (Å²) < 4.78 is 6.59. The Morgan fingerprint density at radius 2 is 2.16 bits per heavy atom. The molecule has 0 aliphatic rings. The molecular weight excluding hydrogens is 256 g/mol. The van der Waals surface area contributed by atoms with Crippen LogP contribution in [-0.2, 0) is 6.54 Å². The van der Waals surface area contributed by atoms with Gasteiger partial charge in [-0.2, -0.15) is 0 Å². The molecule has 2 heterocycles. The zero-order valence-corrected chi connectivity index (χ0v) is 11.4. The van der Waals surface area contributed by atoms with Crippen LogP contribution in [0.3, 0.4) is 0 Å². The number of ether oxygens (including phenoxy) is 1. The van der Waals surface area contributed by atoms with E-state index in [0.29, 0.717) is 6.54 Å². The lowest BCUT2D eigenvalue weighted by atomic mass is 10.2. The SMILES string of the molecule is COc1cccc2sc(-c3cc(CN)ccn3)cc12. The lowest BCUT2D eigenvalue weighted by Crippen LogP contribution is -1.96. The number of hydrogen-bond donors (Lipinski definition) is 1. The highest BCUT2D eigenvalue weighted by atomic mass is 32.1. The van der Waals surface area contributed by atoms with Crippen molar-refractivity contribution in [1.29, 1.82) is 0 Å². The maximum Gasteiger partial charge on any atom is 0.127 e. The Morgan fingerprint density at radius 1 is 1.26 bits per heavy atom. The van der Waals surface area contributed by atoms with Gasteiger partial charge in [-0.15, -0.1) is 11.3 Å². The van der Waals surface area contributed by atoms with Gasteiger partial charge in [0.25, 0.3) is 0 Å². The maximum absolute atomic E-state index is 5.67. The van der Waals surface area contributed by atoms with Crippen LogP contribution in [0.1, 0.15) is 5.56 Å². The van der Waals surface area contributed by atoms with Gasteiger partial charge in [-0.1, -0.05) is 6.07 Å². The average Bonchev–Trinajstić information content (AvgIpc) is 2.91. The number of benzene rings is 1. The van der Waals surface area contributed by atoms with Crippen LogP contribution in [0.2, 0.25) is 0 Å². The Hall–Kier alpha value is -1.91. The highest BCUT2D eigenvalue weighted by Gasteiger charge is 2.09. The molecule has 2 aromatic heterocycles. The fourth-order valence-electron chi connectivity index (χ4n) is 2.07. The third-order valence-corrected chi connectivity index (χ3v) is 4.18. The van der Waals surface area contributed by atoms with Gasteiger partial charge in [0.15, 0.2) is 0 Å². The quantitative estimate of drug-likeness (QED) is 0.793. The van der Waals surface area contributed by atoms with Gasteiger partial charge in [-0.05, 0) is 35.9 Å². The molecule has 1 aromatic carbocycles. The van der Waals surface area contributed by atoms with Gasteiger partial charge in [0.05, 0.1) is 17.7 Å². The molecule has 0 radical (unpaired) electrons. The third kappa shape index (κ3) is 2.20. The normalized spacial score (nSPS) is 10.8. The standard InChI is InChI=1S/C15H14N2OS/c1-18-13-3-2-4-14-11(13)8-15(19-14)12-7-10(9-16)5-6-17-12/h2-8H,9,16H2,1H3. The summed E-state index contributed by atoms with van der Waals surface area (Å²) in [4.78, 5) is 5.56. The Balaban J connectivity index is 2.15. The van der Waals surface area contributed by atoms with Crippen LogP contribution in [0.5, 0.6) is 5.75 Å². The number of fused-ring (bicyclic) bond motifs is 1. The van der Waals surface area contributed by atoms with Gasteiger partial charge in [-0.25, -0.2) is 0 Å². The van der Waals surface area contributed by atoms with Crippen LogP contribution >= 0.6 is 11.3 Å². The fraction of sp³-hybridized carbons (Fsp3) is 0.133. The smallest absolute Gasteiger partial charge is 0.127 e. The monoisotopic (exact) mass is 270 g/mol. The van der Waals surface area contributed by atoms with Crippen molar-refractivity contribution >= 4 is 21.4 Å². The van der Waals surface area contributed by atoms with Crippen molar-refractivity contribution in [2.45, 2.75) is 6.54 Å². The number of hydrogen-bond acceptors (Lipinski definition) is 4. The van der Waals surface area contributed by atoms with Crippen LogP contribution in [0, 0.1) is 0 Å². The maximum atomic E-state index is 5.67. The van der Waals surface area contributed by atoms with E-state index in [1.807, 2.05) is 24.3 Å². The van der Waals surface area contributed by atoms with Gasteiger partial charge in [-0.3, -0.25) is 4.98 Å². The first-order valence-electron chi connectivity index (χ1n) is 6.03. The summed E-state index contributed by atoms with van der Waals surface area (Å²) in [5, 5.41) is 1.13. The lowest BCUT2D eigenvalue weighted by molar-refractivity contribution is 0.420. The first-order valence-corrected chi connectivity index (χ1v) is 6.85. The first-order chi connectivity index (χ1) is 9.31. The molecule has 0 spiro atoms. The average molecular weight is 270 g/mol. The second-order valence-electron chi connectivity index (χ2n) is 4.24. The zero-order chi connectivity index (χ0) is 13.2. The molecule has 0 aliphatic heterocycles. The van der Waals surface area contributed by atoms with Crippen LogP contribution in [0.4, 0.5) is 0 Å². The second kappa shape index (κ2) is 4.99. The van der Waals surface area contributed by atoms with E-state index in [2.05, 4.69) is 17.1 Å². The van der Waals surface area contributed by atoms with Crippen molar-refractivity contribution in [3.63, 3.8) is 0 Å². The van der Waals surface area contributed by atoms with Crippen LogP contribution in [-0.4, -0.2) is 12.1 Å². The largest absolute Gasteiger partial charge is 0.496 e.